The normalized spacial score (nSPS) is 10.8. The average Bonchev–Trinajstić information content (AvgIpc) is 3.44. The minimum Gasteiger partial charge on any atom is -0.464 e. The van der Waals surface area contributed by atoms with Crippen molar-refractivity contribution < 1.29 is 12.8 Å². The molecule has 2 unspecified atom stereocenters. The summed E-state index contributed by atoms with van der Waals surface area (Å²) < 4.78 is 33.3. The number of nitrogens with zero attached hydrogens (tertiary/aromatic N) is 1. The molecule has 0 radical (unpaired) electrons. The first-order chi connectivity index (χ1) is 17.1. The van der Waals surface area contributed by atoms with E-state index >= 15 is 0 Å². The standard InChI is InChI=1S/C10H10N2OS.C9H9NO2S.4C2H6/c1-11-14(13)10-3-2-8-4-5-12-7-9(8)6-10;1-10-13(11)8-3-2-7-4-5-12-9(7)6-8;4*1-2/h2-7,11H,1H3;2-6,10H,1H3;4*1-2H3. The Morgan fingerprint density at radius 2 is 1.17 bits per heavy atom. The Morgan fingerprint density at radius 3 is 1.71 bits per heavy atom. The summed E-state index contributed by atoms with van der Waals surface area (Å²) in [5.41, 5.74) is 0.765. The Balaban J connectivity index is 0. The van der Waals surface area contributed by atoms with Gasteiger partial charge in [-0.3, -0.25) is 4.98 Å². The summed E-state index contributed by atoms with van der Waals surface area (Å²) >= 11 is 0. The third-order valence-corrected chi connectivity index (χ3v) is 5.94. The van der Waals surface area contributed by atoms with E-state index in [9.17, 15) is 8.42 Å². The molecule has 8 heteroatoms. The number of hydrogen-bond donors (Lipinski definition) is 2. The SMILES string of the molecule is CC.CC.CC.CC.CNS(=O)c1ccc2ccncc2c1.CNS(=O)c1ccc2ccoc2c1. The summed E-state index contributed by atoms with van der Waals surface area (Å²) in [5.74, 6) is 0. The van der Waals surface area contributed by atoms with E-state index in [2.05, 4.69) is 14.4 Å². The van der Waals surface area contributed by atoms with Crippen LogP contribution in [-0.2, 0) is 22.0 Å². The van der Waals surface area contributed by atoms with Crippen molar-refractivity contribution in [3.63, 3.8) is 0 Å². The number of fused-ring (bicyclic) bond motifs is 2. The van der Waals surface area contributed by atoms with Gasteiger partial charge in [-0.15, -0.1) is 0 Å². The molecule has 196 valence electrons. The molecule has 0 saturated heterocycles. The lowest BCUT2D eigenvalue weighted by molar-refractivity contribution is 0.614. The first kappa shape index (κ1) is 34.8. The van der Waals surface area contributed by atoms with Crippen molar-refractivity contribution in [2.24, 2.45) is 0 Å². The van der Waals surface area contributed by atoms with Crippen molar-refractivity contribution in [1.82, 2.24) is 14.4 Å². The number of furan rings is 1. The summed E-state index contributed by atoms with van der Waals surface area (Å²) in [5, 5.41) is 3.14. The van der Waals surface area contributed by atoms with Gasteiger partial charge in [-0.2, -0.15) is 0 Å². The van der Waals surface area contributed by atoms with Crippen LogP contribution in [0.25, 0.3) is 21.7 Å². The Hall–Kier alpha value is -2.39. The zero-order chi connectivity index (χ0) is 27.2. The van der Waals surface area contributed by atoms with Crippen molar-refractivity contribution >= 4 is 43.7 Å². The summed E-state index contributed by atoms with van der Waals surface area (Å²) in [6, 6.07) is 15.0. The molecular weight excluding hydrogens is 478 g/mol. The van der Waals surface area contributed by atoms with Gasteiger partial charge in [0, 0.05) is 23.2 Å². The minimum atomic E-state index is -1.14. The first-order valence-corrected chi connectivity index (χ1v) is 14.4. The van der Waals surface area contributed by atoms with Gasteiger partial charge in [-0.1, -0.05) is 61.5 Å². The van der Waals surface area contributed by atoms with Crippen LogP contribution in [-0.4, -0.2) is 27.5 Å². The maximum atomic E-state index is 11.4. The maximum Gasteiger partial charge on any atom is 0.135 e. The van der Waals surface area contributed by atoms with Gasteiger partial charge in [-0.05, 0) is 61.9 Å². The predicted molar refractivity (Wildman–Crippen MR) is 154 cm³/mol. The Kier molecular flexibility index (Phi) is 22.0. The lowest BCUT2D eigenvalue weighted by Gasteiger charge is -2.01. The zero-order valence-electron chi connectivity index (χ0n) is 22.8. The Morgan fingerprint density at radius 1 is 0.657 bits per heavy atom. The highest BCUT2D eigenvalue weighted by atomic mass is 32.2. The van der Waals surface area contributed by atoms with Crippen LogP contribution in [0.3, 0.4) is 0 Å². The number of hydrogen-bond acceptors (Lipinski definition) is 4. The van der Waals surface area contributed by atoms with Crippen LogP contribution in [0.2, 0.25) is 0 Å². The molecule has 4 aromatic rings. The predicted octanol–water partition coefficient (Wildman–Crippen LogP) is 7.26. The molecule has 0 aliphatic carbocycles. The molecular formula is C27H43N3O3S2. The number of nitrogens with one attached hydrogen (secondary N) is 2. The quantitative estimate of drug-likeness (QED) is 0.296. The molecule has 2 aromatic carbocycles. The lowest BCUT2D eigenvalue weighted by atomic mass is 10.2. The largest absolute Gasteiger partial charge is 0.464 e. The van der Waals surface area contributed by atoms with Crippen molar-refractivity contribution in [2.75, 3.05) is 14.1 Å². The topological polar surface area (TPSA) is 84.2 Å². The Bertz CT molecular complexity index is 1110. The van der Waals surface area contributed by atoms with Gasteiger partial charge >= 0.3 is 0 Å². The van der Waals surface area contributed by atoms with Crippen LogP contribution < -0.4 is 9.44 Å². The van der Waals surface area contributed by atoms with Crippen LogP contribution in [0, 0.1) is 0 Å². The van der Waals surface area contributed by atoms with E-state index in [0.29, 0.717) is 0 Å². The van der Waals surface area contributed by atoms with E-state index in [4.69, 9.17) is 4.42 Å². The van der Waals surface area contributed by atoms with E-state index in [1.54, 1.807) is 38.8 Å². The van der Waals surface area contributed by atoms with E-state index < -0.39 is 22.0 Å². The second-order valence-corrected chi connectivity index (χ2v) is 8.28. The number of benzene rings is 2. The van der Waals surface area contributed by atoms with Gasteiger partial charge < -0.3 is 4.42 Å². The summed E-state index contributed by atoms with van der Waals surface area (Å²) in [7, 11) is 1.06. The first-order valence-electron chi connectivity index (χ1n) is 12.1. The van der Waals surface area contributed by atoms with Crippen LogP contribution >= 0.6 is 0 Å². The monoisotopic (exact) mass is 521 g/mol. The molecule has 35 heavy (non-hydrogen) atoms. The van der Waals surface area contributed by atoms with Gasteiger partial charge in [0.1, 0.15) is 27.6 Å². The van der Waals surface area contributed by atoms with Crippen molar-refractivity contribution in [2.45, 2.75) is 65.2 Å². The molecule has 0 fully saturated rings. The molecule has 4 rings (SSSR count). The van der Waals surface area contributed by atoms with E-state index in [1.807, 2.05) is 97.9 Å². The second-order valence-electron chi connectivity index (χ2n) is 5.45. The smallest absolute Gasteiger partial charge is 0.135 e. The molecule has 2 aromatic heterocycles. The highest BCUT2D eigenvalue weighted by molar-refractivity contribution is 7.83. The number of pyridine rings is 1. The van der Waals surface area contributed by atoms with Crippen LogP contribution in [0.15, 0.2) is 81.4 Å². The summed E-state index contributed by atoms with van der Waals surface area (Å²) in [6.45, 7) is 16.0. The van der Waals surface area contributed by atoms with Gasteiger partial charge in [0.25, 0.3) is 0 Å². The van der Waals surface area contributed by atoms with E-state index in [1.165, 1.54) is 0 Å². The van der Waals surface area contributed by atoms with Gasteiger partial charge in [-0.25, -0.2) is 17.9 Å². The highest BCUT2D eigenvalue weighted by Crippen LogP contribution is 2.18. The highest BCUT2D eigenvalue weighted by Gasteiger charge is 2.03. The molecule has 0 bridgehead atoms. The number of aromatic nitrogens is 1. The average molecular weight is 522 g/mol. The zero-order valence-corrected chi connectivity index (χ0v) is 24.5. The minimum absolute atomic E-state index is 0.727. The summed E-state index contributed by atoms with van der Waals surface area (Å²) in [4.78, 5) is 5.52. The van der Waals surface area contributed by atoms with Crippen molar-refractivity contribution in [3.05, 3.63) is 67.2 Å². The molecule has 2 atom stereocenters. The third-order valence-electron chi connectivity index (χ3n) is 3.84. The van der Waals surface area contributed by atoms with Gasteiger partial charge in [0.2, 0.25) is 0 Å². The Labute approximate surface area is 217 Å². The maximum absolute atomic E-state index is 11.4. The molecule has 0 spiro atoms. The van der Waals surface area contributed by atoms with Crippen molar-refractivity contribution in [1.29, 1.82) is 0 Å². The molecule has 0 saturated carbocycles. The second kappa shape index (κ2) is 22.1. The fraction of sp³-hybridized carbons (Fsp3) is 0.370. The molecule has 6 nitrogen and oxygen atoms in total. The molecule has 2 N–H and O–H groups in total. The molecule has 0 amide bonds. The fourth-order valence-electron chi connectivity index (χ4n) is 2.46. The fourth-order valence-corrected chi connectivity index (χ4v) is 3.77. The lowest BCUT2D eigenvalue weighted by Crippen LogP contribution is -2.10. The summed E-state index contributed by atoms with van der Waals surface area (Å²) in [6.07, 6.45) is 5.14. The van der Waals surface area contributed by atoms with Gasteiger partial charge in [0.05, 0.1) is 16.1 Å². The molecule has 0 aliphatic heterocycles. The third kappa shape index (κ3) is 11.7. The van der Waals surface area contributed by atoms with Crippen LogP contribution in [0.5, 0.6) is 0 Å². The molecule has 2 heterocycles. The van der Waals surface area contributed by atoms with Gasteiger partial charge in [0.15, 0.2) is 0 Å². The van der Waals surface area contributed by atoms with Crippen molar-refractivity contribution in [3.8, 4) is 0 Å². The molecule has 0 aliphatic rings. The van der Waals surface area contributed by atoms with E-state index in [-0.39, 0.29) is 0 Å². The number of rotatable bonds is 4. The van der Waals surface area contributed by atoms with Crippen LogP contribution in [0.4, 0.5) is 0 Å². The van der Waals surface area contributed by atoms with Crippen LogP contribution in [0.1, 0.15) is 55.4 Å². The van der Waals surface area contributed by atoms with E-state index in [0.717, 1.165) is 31.5 Å².